The van der Waals surface area contributed by atoms with Gasteiger partial charge in [-0.25, -0.2) is 9.37 Å². The van der Waals surface area contributed by atoms with Gasteiger partial charge in [-0.3, -0.25) is 4.79 Å². The highest BCUT2D eigenvalue weighted by Crippen LogP contribution is 2.29. The molecule has 1 aromatic carbocycles. The fourth-order valence-electron chi connectivity index (χ4n) is 1.72. The summed E-state index contributed by atoms with van der Waals surface area (Å²) in [6.07, 6.45) is 0.206. The topological polar surface area (TPSA) is 68.0 Å². The predicted molar refractivity (Wildman–Crippen MR) is 71.1 cm³/mol. The zero-order chi connectivity index (χ0) is 13.3. The number of fused-ring (bicyclic) bond motifs is 1. The number of hydrogen-bond donors (Lipinski definition) is 2. The van der Waals surface area contributed by atoms with Crippen molar-refractivity contribution in [1.82, 2.24) is 4.98 Å². The first kappa shape index (κ1) is 12.8. The maximum Gasteiger partial charge on any atom is 0.219 e. The molecule has 0 saturated heterocycles. The second-order valence-electron chi connectivity index (χ2n) is 4.78. The van der Waals surface area contributed by atoms with E-state index in [4.69, 9.17) is 5.73 Å². The molecule has 0 saturated carbocycles. The average molecular weight is 267 g/mol. The molecule has 0 aliphatic heterocycles. The molecule has 1 aromatic heterocycles. The van der Waals surface area contributed by atoms with E-state index in [0.717, 1.165) is 10.2 Å². The highest BCUT2D eigenvalue weighted by atomic mass is 32.1. The highest BCUT2D eigenvalue weighted by molar-refractivity contribution is 7.22. The van der Waals surface area contributed by atoms with Gasteiger partial charge < -0.3 is 11.1 Å². The summed E-state index contributed by atoms with van der Waals surface area (Å²) in [5, 5.41) is 3.80. The molecule has 3 N–H and O–H groups in total. The quantitative estimate of drug-likeness (QED) is 0.894. The number of primary amides is 1. The van der Waals surface area contributed by atoms with Crippen molar-refractivity contribution in [3.8, 4) is 0 Å². The maximum absolute atomic E-state index is 13.1. The molecule has 0 aliphatic rings. The highest BCUT2D eigenvalue weighted by Gasteiger charge is 2.21. The molecule has 0 bridgehead atoms. The molecule has 0 fully saturated rings. The second-order valence-corrected chi connectivity index (χ2v) is 5.81. The van der Waals surface area contributed by atoms with Gasteiger partial charge in [0.05, 0.1) is 10.2 Å². The Morgan fingerprint density at radius 3 is 2.94 bits per heavy atom. The number of hydrogen-bond acceptors (Lipinski definition) is 4. The van der Waals surface area contributed by atoms with E-state index in [2.05, 4.69) is 10.3 Å². The fourth-order valence-corrected chi connectivity index (χ4v) is 2.79. The zero-order valence-electron chi connectivity index (χ0n) is 10.2. The molecule has 18 heavy (non-hydrogen) atoms. The minimum Gasteiger partial charge on any atom is -0.370 e. The third-order valence-electron chi connectivity index (χ3n) is 2.41. The summed E-state index contributed by atoms with van der Waals surface area (Å²) in [5.41, 5.74) is 5.44. The molecule has 0 spiro atoms. The molecule has 4 nitrogen and oxygen atoms in total. The molecule has 0 unspecified atom stereocenters. The van der Waals surface area contributed by atoms with Crippen molar-refractivity contribution in [2.24, 2.45) is 5.73 Å². The largest absolute Gasteiger partial charge is 0.370 e. The monoisotopic (exact) mass is 267 g/mol. The molecule has 96 valence electrons. The van der Waals surface area contributed by atoms with Crippen LogP contribution in [0.3, 0.4) is 0 Å². The van der Waals surface area contributed by atoms with Crippen molar-refractivity contribution in [3.05, 3.63) is 24.0 Å². The molecule has 2 aromatic rings. The number of nitrogens with two attached hydrogens (primary N) is 1. The summed E-state index contributed by atoms with van der Waals surface area (Å²) in [6, 6.07) is 4.45. The molecular weight excluding hydrogens is 253 g/mol. The number of nitrogens with one attached hydrogen (secondary N) is 1. The number of benzene rings is 1. The van der Waals surface area contributed by atoms with Crippen molar-refractivity contribution in [2.75, 3.05) is 5.32 Å². The Labute approximate surface area is 108 Å². The third-order valence-corrected chi connectivity index (χ3v) is 3.35. The van der Waals surface area contributed by atoms with Gasteiger partial charge in [0.1, 0.15) is 5.82 Å². The first-order valence-electron chi connectivity index (χ1n) is 5.48. The standard InChI is InChI=1S/C12H14FN3OS/c1-12(2,6-10(14)17)16-11-15-8-4-3-7(13)5-9(8)18-11/h3-5H,6H2,1-2H3,(H2,14,17)(H,15,16). The lowest BCUT2D eigenvalue weighted by atomic mass is 10.0. The number of halogens is 1. The summed E-state index contributed by atoms with van der Waals surface area (Å²) in [6.45, 7) is 3.73. The van der Waals surface area contributed by atoms with Crippen molar-refractivity contribution in [2.45, 2.75) is 25.8 Å². The smallest absolute Gasteiger partial charge is 0.219 e. The van der Waals surface area contributed by atoms with Gasteiger partial charge in [0.15, 0.2) is 5.13 Å². The van der Waals surface area contributed by atoms with Gasteiger partial charge in [-0.05, 0) is 32.0 Å². The zero-order valence-corrected chi connectivity index (χ0v) is 11.0. The van der Waals surface area contributed by atoms with Crippen LogP contribution in [-0.2, 0) is 4.79 Å². The Morgan fingerprint density at radius 1 is 1.56 bits per heavy atom. The van der Waals surface area contributed by atoms with E-state index in [1.54, 1.807) is 6.07 Å². The van der Waals surface area contributed by atoms with E-state index in [0.29, 0.717) is 5.13 Å². The predicted octanol–water partition coefficient (Wildman–Crippen LogP) is 2.50. The molecule has 0 aliphatic carbocycles. The Morgan fingerprint density at radius 2 is 2.28 bits per heavy atom. The summed E-state index contributed by atoms with van der Waals surface area (Å²) < 4.78 is 13.8. The number of carbonyl (C=O) groups excluding carboxylic acids is 1. The van der Waals surface area contributed by atoms with Gasteiger partial charge in [-0.15, -0.1) is 0 Å². The van der Waals surface area contributed by atoms with Gasteiger partial charge >= 0.3 is 0 Å². The molecule has 1 heterocycles. The lowest BCUT2D eigenvalue weighted by Gasteiger charge is -2.24. The Balaban J connectivity index is 2.24. The molecule has 0 atom stereocenters. The van der Waals surface area contributed by atoms with Crippen molar-refractivity contribution >= 4 is 32.6 Å². The van der Waals surface area contributed by atoms with E-state index >= 15 is 0 Å². The van der Waals surface area contributed by atoms with Crippen LogP contribution < -0.4 is 11.1 Å². The van der Waals surface area contributed by atoms with E-state index in [1.165, 1.54) is 23.5 Å². The fraction of sp³-hybridized carbons (Fsp3) is 0.333. The van der Waals surface area contributed by atoms with Crippen LogP contribution in [0.5, 0.6) is 0 Å². The van der Waals surface area contributed by atoms with Crippen LogP contribution >= 0.6 is 11.3 Å². The Hall–Kier alpha value is -1.69. The number of thiazole rings is 1. The van der Waals surface area contributed by atoms with Gasteiger partial charge in [0, 0.05) is 12.0 Å². The number of anilines is 1. The number of aromatic nitrogens is 1. The van der Waals surface area contributed by atoms with E-state index in [1.807, 2.05) is 13.8 Å². The molecule has 6 heteroatoms. The molecule has 0 radical (unpaired) electrons. The van der Waals surface area contributed by atoms with E-state index in [-0.39, 0.29) is 18.1 Å². The van der Waals surface area contributed by atoms with E-state index < -0.39 is 5.54 Å². The van der Waals surface area contributed by atoms with Gasteiger partial charge in [0.2, 0.25) is 5.91 Å². The summed E-state index contributed by atoms with van der Waals surface area (Å²) in [4.78, 5) is 15.3. The molecule has 1 amide bonds. The minimum absolute atomic E-state index is 0.206. The van der Waals surface area contributed by atoms with Crippen LogP contribution in [0.15, 0.2) is 18.2 Å². The average Bonchev–Trinajstić information content (AvgIpc) is 2.55. The van der Waals surface area contributed by atoms with Crippen LogP contribution in [0.25, 0.3) is 10.2 Å². The van der Waals surface area contributed by atoms with E-state index in [9.17, 15) is 9.18 Å². The first-order valence-corrected chi connectivity index (χ1v) is 6.30. The number of nitrogens with zero attached hydrogens (tertiary/aromatic N) is 1. The van der Waals surface area contributed by atoms with Crippen molar-refractivity contribution in [1.29, 1.82) is 0 Å². The Kier molecular flexibility index (Phi) is 3.21. The van der Waals surface area contributed by atoms with Crippen LogP contribution in [0, 0.1) is 5.82 Å². The lowest BCUT2D eigenvalue weighted by Crippen LogP contribution is -2.35. The van der Waals surface area contributed by atoms with Crippen LogP contribution in [-0.4, -0.2) is 16.4 Å². The summed E-state index contributed by atoms with van der Waals surface area (Å²) in [5.74, 6) is -0.659. The number of carbonyl (C=O) groups is 1. The first-order chi connectivity index (χ1) is 8.35. The summed E-state index contributed by atoms with van der Waals surface area (Å²) >= 11 is 1.35. The van der Waals surface area contributed by atoms with Gasteiger partial charge in [-0.2, -0.15) is 0 Å². The van der Waals surface area contributed by atoms with Crippen LogP contribution in [0.2, 0.25) is 0 Å². The van der Waals surface area contributed by atoms with Gasteiger partial charge in [-0.1, -0.05) is 11.3 Å². The molecule has 2 rings (SSSR count). The SMILES string of the molecule is CC(C)(CC(N)=O)Nc1nc2ccc(F)cc2s1. The Bertz CT molecular complexity index is 594. The number of rotatable bonds is 4. The van der Waals surface area contributed by atoms with Crippen LogP contribution in [0.4, 0.5) is 9.52 Å². The van der Waals surface area contributed by atoms with Crippen LogP contribution in [0.1, 0.15) is 20.3 Å². The molecular formula is C12H14FN3OS. The van der Waals surface area contributed by atoms with Gasteiger partial charge in [0.25, 0.3) is 0 Å². The minimum atomic E-state index is -0.474. The summed E-state index contributed by atoms with van der Waals surface area (Å²) in [7, 11) is 0. The lowest BCUT2D eigenvalue weighted by molar-refractivity contribution is -0.118. The van der Waals surface area contributed by atoms with Crippen molar-refractivity contribution in [3.63, 3.8) is 0 Å². The third kappa shape index (κ3) is 2.95. The maximum atomic E-state index is 13.1. The normalized spacial score (nSPS) is 11.7. The second kappa shape index (κ2) is 4.53. The van der Waals surface area contributed by atoms with Crippen molar-refractivity contribution < 1.29 is 9.18 Å². The number of amides is 1.